The number of halogens is 2. The molecule has 1 aromatic rings. The van der Waals surface area contributed by atoms with Gasteiger partial charge in [-0.25, -0.2) is 8.42 Å². The molecule has 0 radical (unpaired) electrons. The highest BCUT2D eigenvalue weighted by Crippen LogP contribution is 2.24. The third kappa shape index (κ3) is 2.63. The van der Waals surface area contributed by atoms with E-state index in [2.05, 4.69) is 0 Å². The molecule has 0 saturated heterocycles. The average molecular weight is 264 g/mol. The van der Waals surface area contributed by atoms with E-state index in [4.69, 9.17) is 27.5 Å². The molecule has 6 heteroatoms. The van der Waals surface area contributed by atoms with E-state index >= 15 is 0 Å². The van der Waals surface area contributed by atoms with Crippen LogP contribution in [0.4, 0.5) is 0 Å². The van der Waals surface area contributed by atoms with Gasteiger partial charge in [-0.05, 0) is 24.1 Å². The number of rotatable bonds is 2. The van der Waals surface area contributed by atoms with Crippen LogP contribution in [0.25, 0.3) is 0 Å². The van der Waals surface area contributed by atoms with E-state index in [0.717, 1.165) is 0 Å². The van der Waals surface area contributed by atoms with Gasteiger partial charge in [0.2, 0.25) is 0 Å². The first kappa shape index (κ1) is 12.3. The third-order valence-electron chi connectivity index (χ3n) is 1.89. The van der Waals surface area contributed by atoms with Crippen LogP contribution >= 0.6 is 22.3 Å². The van der Waals surface area contributed by atoms with Gasteiger partial charge in [0.05, 0.1) is 5.56 Å². The first-order valence-corrected chi connectivity index (χ1v) is 6.78. The molecule has 15 heavy (non-hydrogen) atoms. The molecule has 1 rings (SSSR count). The molecule has 0 aliphatic carbocycles. The molecule has 0 amide bonds. The standard InChI is InChI=1S/C9H7Cl2NO2S/c1-6-2-7(4-10)3-9(8(6)5-12)15(11,13)14/h2-3H,4H2,1H3. The van der Waals surface area contributed by atoms with Crippen LogP contribution < -0.4 is 0 Å². The number of hydrogen-bond acceptors (Lipinski definition) is 3. The normalized spacial score (nSPS) is 11.1. The minimum atomic E-state index is -3.91. The van der Waals surface area contributed by atoms with Crippen molar-refractivity contribution in [1.82, 2.24) is 0 Å². The van der Waals surface area contributed by atoms with E-state index in [-0.39, 0.29) is 16.3 Å². The van der Waals surface area contributed by atoms with Crippen LogP contribution in [0.1, 0.15) is 16.7 Å². The number of nitrogens with zero attached hydrogens (tertiary/aromatic N) is 1. The van der Waals surface area contributed by atoms with Crippen LogP contribution in [-0.2, 0) is 14.9 Å². The monoisotopic (exact) mass is 263 g/mol. The summed E-state index contributed by atoms with van der Waals surface area (Å²) in [6, 6.07) is 4.80. The van der Waals surface area contributed by atoms with Gasteiger partial charge in [0.15, 0.2) is 0 Å². The highest BCUT2D eigenvalue weighted by atomic mass is 35.7. The van der Waals surface area contributed by atoms with Crippen LogP contribution in [0.15, 0.2) is 17.0 Å². The molecule has 0 fully saturated rings. The zero-order chi connectivity index (χ0) is 11.6. The zero-order valence-corrected chi connectivity index (χ0v) is 10.1. The molecular formula is C9H7Cl2NO2S. The lowest BCUT2D eigenvalue weighted by molar-refractivity contribution is 0.609. The second-order valence-corrected chi connectivity index (χ2v) is 5.77. The van der Waals surface area contributed by atoms with Crippen molar-refractivity contribution in [3.05, 3.63) is 28.8 Å². The van der Waals surface area contributed by atoms with E-state index < -0.39 is 9.05 Å². The van der Waals surface area contributed by atoms with Crippen LogP contribution in [-0.4, -0.2) is 8.42 Å². The molecule has 1 aromatic carbocycles. The van der Waals surface area contributed by atoms with Crippen LogP contribution in [0.3, 0.4) is 0 Å². The fourth-order valence-electron chi connectivity index (χ4n) is 1.24. The van der Waals surface area contributed by atoms with Crippen molar-refractivity contribution in [1.29, 1.82) is 5.26 Å². The minimum absolute atomic E-state index is 0.0684. The van der Waals surface area contributed by atoms with Gasteiger partial charge in [-0.15, -0.1) is 11.6 Å². The Labute approximate surface area is 97.7 Å². The number of nitriles is 1. The molecule has 0 atom stereocenters. The maximum atomic E-state index is 11.2. The minimum Gasteiger partial charge on any atom is -0.207 e. The predicted molar refractivity (Wildman–Crippen MR) is 58.5 cm³/mol. The summed E-state index contributed by atoms with van der Waals surface area (Å²) in [5, 5.41) is 8.82. The fraction of sp³-hybridized carbons (Fsp3) is 0.222. The number of aryl methyl sites for hydroxylation is 1. The summed E-state index contributed by atoms with van der Waals surface area (Å²) in [5.41, 5.74) is 1.24. The summed E-state index contributed by atoms with van der Waals surface area (Å²) in [6.45, 7) is 1.64. The Bertz CT molecular complexity index is 532. The van der Waals surface area contributed by atoms with Crippen molar-refractivity contribution < 1.29 is 8.42 Å². The first-order chi connectivity index (χ1) is 6.90. The van der Waals surface area contributed by atoms with E-state index in [1.54, 1.807) is 13.0 Å². The molecule has 0 bridgehead atoms. The summed E-state index contributed by atoms with van der Waals surface area (Å²) in [6.07, 6.45) is 0. The Morgan fingerprint density at radius 2 is 2.07 bits per heavy atom. The first-order valence-electron chi connectivity index (χ1n) is 3.94. The summed E-state index contributed by atoms with van der Waals surface area (Å²) in [5.74, 6) is 0.173. The second kappa shape index (κ2) is 4.40. The van der Waals surface area contributed by atoms with Gasteiger partial charge in [0.25, 0.3) is 9.05 Å². The molecule has 0 aliphatic rings. The van der Waals surface area contributed by atoms with Gasteiger partial charge in [0, 0.05) is 16.6 Å². The van der Waals surface area contributed by atoms with Crippen molar-refractivity contribution in [2.75, 3.05) is 0 Å². The molecule has 0 unspecified atom stereocenters. The number of benzene rings is 1. The largest absolute Gasteiger partial charge is 0.262 e. The summed E-state index contributed by atoms with van der Waals surface area (Å²) >= 11 is 5.60. The van der Waals surface area contributed by atoms with E-state index in [1.165, 1.54) is 6.07 Å². The van der Waals surface area contributed by atoms with Gasteiger partial charge in [-0.1, -0.05) is 6.07 Å². The molecule has 0 spiro atoms. The number of hydrogen-bond donors (Lipinski definition) is 0. The lowest BCUT2D eigenvalue weighted by atomic mass is 10.1. The molecule has 0 aromatic heterocycles. The molecular weight excluding hydrogens is 257 g/mol. The lowest BCUT2D eigenvalue weighted by Gasteiger charge is -2.05. The Hall–Kier alpha value is -0.760. The smallest absolute Gasteiger partial charge is 0.207 e. The van der Waals surface area contributed by atoms with Gasteiger partial charge >= 0.3 is 0 Å². The molecule has 80 valence electrons. The predicted octanol–water partition coefficient (Wildman–Crippen LogP) is 2.53. The van der Waals surface area contributed by atoms with Crippen LogP contribution in [0.2, 0.25) is 0 Å². The second-order valence-electron chi connectivity index (χ2n) is 2.97. The Morgan fingerprint density at radius 1 is 1.47 bits per heavy atom. The lowest BCUT2D eigenvalue weighted by Crippen LogP contribution is -1.99. The molecule has 3 nitrogen and oxygen atoms in total. The fourth-order valence-corrected chi connectivity index (χ4v) is 2.50. The highest BCUT2D eigenvalue weighted by Gasteiger charge is 2.18. The van der Waals surface area contributed by atoms with Crippen molar-refractivity contribution >= 4 is 31.3 Å². The van der Waals surface area contributed by atoms with Crippen LogP contribution in [0.5, 0.6) is 0 Å². The Kier molecular flexibility index (Phi) is 3.61. The number of alkyl halides is 1. The topological polar surface area (TPSA) is 57.9 Å². The average Bonchev–Trinajstić information content (AvgIpc) is 2.15. The molecule has 0 heterocycles. The highest BCUT2D eigenvalue weighted by molar-refractivity contribution is 8.13. The molecule has 0 aliphatic heterocycles. The van der Waals surface area contributed by atoms with Crippen LogP contribution in [0, 0.1) is 18.3 Å². The Morgan fingerprint density at radius 3 is 2.47 bits per heavy atom. The summed E-state index contributed by atoms with van der Waals surface area (Å²) < 4.78 is 22.4. The summed E-state index contributed by atoms with van der Waals surface area (Å²) in [4.78, 5) is -0.178. The maximum absolute atomic E-state index is 11.2. The van der Waals surface area contributed by atoms with Gasteiger partial charge in [-0.2, -0.15) is 5.26 Å². The Balaban J connectivity index is 3.63. The summed E-state index contributed by atoms with van der Waals surface area (Å²) in [7, 11) is 1.31. The third-order valence-corrected chi connectivity index (χ3v) is 3.54. The quantitative estimate of drug-likeness (QED) is 0.609. The van der Waals surface area contributed by atoms with E-state index in [1.807, 2.05) is 6.07 Å². The molecule has 0 N–H and O–H groups in total. The van der Waals surface area contributed by atoms with Crippen molar-refractivity contribution in [2.45, 2.75) is 17.7 Å². The van der Waals surface area contributed by atoms with E-state index in [9.17, 15) is 8.42 Å². The SMILES string of the molecule is Cc1cc(CCl)cc(S(=O)(=O)Cl)c1C#N. The van der Waals surface area contributed by atoms with Crippen molar-refractivity contribution in [3.8, 4) is 6.07 Å². The zero-order valence-electron chi connectivity index (χ0n) is 7.79. The van der Waals surface area contributed by atoms with Crippen molar-refractivity contribution in [3.63, 3.8) is 0 Å². The van der Waals surface area contributed by atoms with Crippen molar-refractivity contribution in [2.24, 2.45) is 0 Å². The maximum Gasteiger partial charge on any atom is 0.262 e. The van der Waals surface area contributed by atoms with Gasteiger partial charge in [0.1, 0.15) is 11.0 Å². The van der Waals surface area contributed by atoms with Gasteiger partial charge in [-0.3, -0.25) is 0 Å². The van der Waals surface area contributed by atoms with Gasteiger partial charge < -0.3 is 0 Å². The molecule has 0 saturated carbocycles. The van der Waals surface area contributed by atoms with E-state index in [0.29, 0.717) is 11.1 Å².